The third kappa shape index (κ3) is 4.89. The quantitative estimate of drug-likeness (QED) is 0.768. The van der Waals surface area contributed by atoms with Crippen LogP contribution >= 0.6 is 0 Å². The van der Waals surface area contributed by atoms with Crippen LogP contribution in [0.5, 0.6) is 0 Å². The topological polar surface area (TPSA) is 75.6 Å². The molecule has 0 aliphatic carbocycles. The summed E-state index contributed by atoms with van der Waals surface area (Å²) < 4.78 is 4.65. The molecule has 7 nitrogen and oxygen atoms in total. The molecule has 142 valence electrons. The Bertz CT molecular complexity index is 807. The van der Waals surface area contributed by atoms with E-state index in [1.807, 2.05) is 30.0 Å². The molecule has 1 saturated heterocycles. The summed E-state index contributed by atoms with van der Waals surface area (Å²) in [5, 5.41) is 0. The first-order chi connectivity index (χ1) is 13.1. The highest BCUT2D eigenvalue weighted by Gasteiger charge is 2.21. The number of esters is 1. The number of carbonyl (C=O) groups excluding carboxylic acids is 2. The highest BCUT2D eigenvalue weighted by Crippen LogP contribution is 2.11. The molecule has 1 aliphatic rings. The van der Waals surface area contributed by atoms with Crippen LogP contribution in [-0.2, 0) is 11.3 Å². The average molecular weight is 368 g/mol. The van der Waals surface area contributed by atoms with Crippen molar-refractivity contribution in [1.29, 1.82) is 0 Å². The zero-order chi connectivity index (χ0) is 19.2. The normalized spacial score (nSPS) is 15.3. The van der Waals surface area contributed by atoms with Crippen molar-refractivity contribution in [3.8, 4) is 0 Å². The maximum absolute atomic E-state index is 12.7. The highest BCUT2D eigenvalue weighted by atomic mass is 16.5. The Hall–Kier alpha value is -2.80. The number of amides is 1. The Morgan fingerprint density at radius 3 is 2.67 bits per heavy atom. The van der Waals surface area contributed by atoms with E-state index in [9.17, 15) is 9.59 Å². The average Bonchev–Trinajstić information content (AvgIpc) is 2.92. The van der Waals surface area contributed by atoms with E-state index < -0.39 is 5.97 Å². The SMILES string of the molecule is COC(=O)c1ccc(C(=O)N2CCCN(Cc3cccc(C)n3)CC2)nc1. The zero-order valence-corrected chi connectivity index (χ0v) is 15.7. The van der Waals surface area contributed by atoms with Crippen molar-refractivity contribution in [1.82, 2.24) is 19.8 Å². The van der Waals surface area contributed by atoms with Crippen LogP contribution < -0.4 is 0 Å². The van der Waals surface area contributed by atoms with Crippen LogP contribution in [0.2, 0.25) is 0 Å². The van der Waals surface area contributed by atoms with Gasteiger partial charge >= 0.3 is 5.97 Å². The lowest BCUT2D eigenvalue weighted by Crippen LogP contribution is -2.35. The molecule has 3 heterocycles. The molecule has 0 N–H and O–H groups in total. The summed E-state index contributed by atoms with van der Waals surface area (Å²) in [6.45, 7) is 5.83. The van der Waals surface area contributed by atoms with Crippen molar-refractivity contribution in [2.24, 2.45) is 0 Å². The van der Waals surface area contributed by atoms with E-state index in [1.54, 1.807) is 12.1 Å². The first-order valence-electron chi connectivity index (χ1n) is 9.05. The maximum atomic E-state index is 12.7. The fourth-order valence-corrected chi connectivity index (χ4v) is 3.17. The lowest BCUT2D eigenvalue weighted by molar-refractivity contribution is 0.0599. The van der Waals surface area contributed by atoms with Crippen molar-refractivity contribution in [2.75, 3.05) is 33.3 Å². The first-order valence-corrected chi connectivity index (χ1v) is 9.05. The monoisotopic (exact) mass is 368 g/mol. The number of hydrogen-bond donors (Lipinski definition) is 0. The Morgan fingerprint density at radius 2 is 1.96 bits per heavy atom. The lowest BCUT2D eigenvalue weighted by Gasteiger charge is -2.21. The van der Waals surface area contributed by atoms with Crippen molar-refractivity contribution in [3.05, 3.63) is 59.2 Å². The smallest absolute Gasteiger partial charge is 0.339 e. The predicted octanol–water partition coefficient (Wildman–Crippen LogP) is 1.92. The van der Waals surface area contributed by atoms with Gasteiger partial charge in [0.2, 0.25) is 0 Å². The summed E-state index contributed by atoms with van der Waals surface area (Å²) in [5.74, 6) is -0.571. The van der Waals surface area contributed by atoms with Gasteiger partial charge in [0.15, 0.2) is 0 Å². The van der Waals surface area contributed by atoms with Crippen LogP contribution in [0.15, 0.2) is 36.5 Å². The molecule has 0 radical (unpaired) electrons. The van der Waals surface area contributed by atoms with Gasteiger partial charge in [0.05, 0.1) is 18.4 Å². The minimum atomic E-state index is -0.461. The molecule has 27 heavy (non-hydrogen) atoms. The second kappa shape index (κ2) is 8.73. The van der Waals surface area contributed by atoms with Gasteiger partial charge in [-0.15, -0.1) is 0 Å². The van der Waals surface area contributed by atoms with Gasteiger partial charge in [-0.05, 0) is 37.6 Å². The van der Waals surface area contributed by atoms with Crippen LogP contribution in [0.1, 0.15) is 38.7 Å². The molecule has 3 rings (SSSR count). The van der Waals surface area contributed by atoms with Crippen LogP contribution in [-0.4, -0.2) is 64.9 Å². The Kier molecular flexibility index (Phi) is 6.13. The van der Waals surface area contributed by atoms with Gasteiger partial charge in [0.1, 0.15) is 5.69 Å². The minimum absolute atomic E-state index is 0.109. The van der Waals surface area contributed by atoms with Crippen LogP contribution in [0.3, 0.4) is 0 Å². The standard InChI is InChI=1S/C20H24N4O3/c1-15-5-3-6-17(22-15)14-23-9-4-10-24(12-11-23)19(25)18-8-7-16(13-21-18)20(26)27-2/h3,5-8,13H,4,9-12,14H2,1-2H3. The van der Waals surface area contributed by atoms with E-state index in [-0.39, 0.29) is 5.91 Å². The van der Waals surface area contributed by atoms with E-state index >= 15 is 0 Å². The molecule has 2 aromatic rings. The first kappa shape index (κ1) is 19.0. The third-order valence-corrected chi connectivity index (χ3v) is 4.61. The molecule has 1 fully saturated rings. The van der Waals surface area contributed by atoms with Crippen molar-refractivity contribution in [2.45, 2.75) is 19.9 Å². The molecular weight excluding hydrogens is 344 g/mol. The summed E-state index contributed by atoms with van der Waals surface area (Å²) in [7, 11) is 1.32. The van der Waals surface area contributed by atoms with Crippen molar-refractivity contribution in [3.63, 3.8) is 0 Å². The number of carbonyl (C=O) groups is 2. The number of rotatable bonds is 4. The Balaban J connectivity index is 1.60. The zero-order valence-electron chi connectivity index (χ0n) is 15.7. The maximum Gasteiger partial charge on any atom is 0.339 e. The van der Waals surface area contributed by atoms with Gasteiger partial charge in [0.25, 0.3) is 5.91 Å². The van der Waals surface area contributed by atoms with Gasteiger partial charge in [-0.3, -0.25) is 19.7 Å². The minimum Gasteiger partial charge on any atom is -0.465 e. The van der Waals surface area contributed by atoms with Gasteiger partial charge in [-0.1, -0.05) is 6.07 Å². The number of ether oxygens (including phenoxy) is 1. The van der Waals surface area contributed by atoms with Gasteiger partial charge < -0.3 is 9.64 Å². The van der Waals surface area contributed by atoms with Gasteiger partial charge in [-0.25, -0.2) is 4.79 Å². The second-order valence-electron chi connectivity index (χ2n) is 6.62. The lowest BCUT2D eigenvalue weighted by atomic mass is 10.2. The summed E-state index contributed by atoms with van der Waals surface area (Å²) in [6, 6.07) is 9.20. The molecule has 1 amide bonds. The number of pyridine rings is 2. The summed E-state index contributed by atoms with van der Waals surface area (Å²) in [4.78, 5) is 37.0. The molecule has 0 spiro atoms. The summed E-state index contributed by atoms with van der Waals surface area (Å²) in [5.41, 5.74) is 2.74. The van der Waals surface area contributed by atoms with Crippen LogP contribution in [0.25, 0.3) is 0 Å². The van der Waals surface area contributed by atoms with Crippen molar-refractivity contribution < 1.29 is 14.3 Å². The molecule has 0 atom stereocenters. The van der Waals surface area contributed by atoms with Gasteiger partial charge in [0, 0.05) is 44.6 Å². The fraction of sp³-hybridized carbons (Fsp3) is 0.400. The number of methoxy groups -OCH3 is 1. The molecule has 7 heteroatoms. The molecule has 0 bridgehead atoms. The highest BCUT2D eigenvalue weighted by molar-refractivity contribution is 5.94. The van der Waals surface area contributed by atoms with E-state index in [4.69, 9.17) is 0 Å². The van der Waals surface area contributed by atoms with E-state index in [1.165, 1.54) is 13.3 Å². The Labute approximate surface area is 159 Å². The van der Waals surface area contributed by atoms with E-state index in [0.717, 1.165) is 37.4 Å². The number of nitrogens with zero attached hydrogens (tertiary/aromatic N) is 4. The molecule has 0 saturated carbocycles. The Morgan fingerprint density at radius 1 is 1.11 bits per heavy atom. The summed E-state index contributed by atoms with van der Waals surface area (Å²) >= 11 is 0. The summed E-state index contributed by atoms with van der Waals surface area (Å²) in [6.07, 6.45) is 2.28. The molecule has 0 aromatic carbocycles. The molecular formula is C20H24N4O3. The second-order valence-corrected chi connectivity index (χ2v) is 6.62. The molecule has 0 unspecified atom stereocenters. The van der Waals surface area contributed by atoms with Gasteiger partial charge in [-0.2, -0.15) is 0 Å². The van der Waals surface area contributed by atoms with Crippen LogP contribution in [0.4, 0.5) is 0 Å². The largest absolute Gasteiger partial charge is 0.465 e. The molecule has 2 aromatic heterocycles. The number of aromatic nitrogens is 2. The van der Waals surface area contributed by atoms with Crippen molar-refractivity contribution >= 4 is 11.9 Å². The number of hydrogen-bond acceptors (Lipinski definition) is 6. The van der Waals surface area contributed by atoms with E-state index in [0.29, 0.717) is 24.3 Å². The van der Waals surface area contributed by atoms with Crippen LogP contribution in [0, 0.1) is 6.92 Å². The fourth-order valence-electron chi connectivity index (χ4n) is 3.17. The third-order valence-electron chi connectivity index (χ3n) is 4.61. The predicted molar refractivity (Wildman–Crippen MR) is 100 cm³/mol. The molecule has 1 aliphatic heterocycles. The van der Waals surface area contributed by atoms with E-state index in [2.05, 4.69) is 19.6 Å². The number of aryl methyl sites for hydroxylation is 1.